The van der Waals surface area contributed by atoms with Gasteiger partial charge in [0.1, 0.15) is 16.9 Å². The minimum Gasteiger partial charge on any atom is -0.493 e. The fourth-order valence-electron chi connectivity index (χ4n) is 3.01. The fourth-order valence-corrected chi connectivity index (χ4v) is 3.01. The number of amides is 1. The molecule has 1 N–H and O–H groups in total. The molecule has 1 atom stereocenters. The van der Waals surface area contributed by atoms with Gasteiger partial charge >= 0.3 is 5.97 Å². The molecule has 0 unspecified atom stereocenters. The van der Waals surface area contributed by atoms with Crippen molar-refractivity contribution >= 4 is 17.6 Å². The van der Waals surface area contributed by atoms with Crippen molar-refractivity contribution in [2.75, 3.05) is 25.1 Å². The number of rotatable bonds is 12. The fraction of sp³-hybridized carbons (Fsp3) is 0.636. The Labute approximate surface area is 168 Å². The third kappa shape index (κ3) is 7.15. The summed E-state index contributed by atoms with van der Waals surface area (Å²) in [4.78, 5) is 25.2. The summed E-state index contributed by atoms with van der Waals surface area (Å²) in [7, 11) is 0. The molecule has 1 aromatic rings. The highest BCUT2D eigenvalue weighted by atomic mass is 16.5. The van der Waals surface area contributed by atoms with Crippen LogP contribution >= 0.6 is 0 Å². The smallest absolute Gasteiger partial charge is 0.341 e. The molecule has 0 bridgehead atoms. The van der Waals surface area contributed by atoms with Crippen LogP contribution in [0.4, 0.5) is 5.69 Å². The number of hydrogen-bond acceptors (Lipinski definition) is 5. The number of carbonyl (C=O) groups is 2. The van der Waals surface area contributed by atoms with Gasteiger partial charge in [-0.25, -0.2) is 4.79 Å². The largest absolute Gasteiger partial charge is 0.493 e. The highest BCUT2D eigenvalue weighted by Gasteiger charge is 2.35. The Kier molecular flexibility index (Phi) is 10.0. The lowest BCUT2D eigenvalue weighted by atomic mass is 9.93. The summed E-state index contributed by atoms with van der Waals surface area (Å²) < 4.78 is 16.6. The molecule has 0 aliphatic heterocycles. The van der Waals surface area contributed by atoms with Crippen LogP contribution in [-0.4, -0.2) is 37.3 Å². The van der Waals surface area contributed by atoms with Crippen LogP contribution in [-0.2, 0) is 14.3 Å². The molecular weight excluding hydrogens is 358 g/mol. The predicted octanol–water partition coefficient (Wildman–Crippen LogP) is 4.82. The Morgan fingerprint density at radius 2 is 1.86 bits per heavy atom. The van der Waals surface area contributed by atoms with Gasteiger partial charge in [-0.1, -0.05) is 27.2 Å². The minimum absolute atomic E-state index is 0.238. The number of ether oxygens (including phenoxy) is 3. The SMILES string of the molecule is CCCCOc1ccc(NC(=O)[C@@](C)(CC(C)C)OCC)cc1C(=O)OCC. The number of benzene rings is 1. The summed E-state index contributed by atoms with van der Waals surface area (Å²) in [6, 6.07) is 5.01. The molecule has 0 saturated carbocycles. The third-order valence-electron chi connectivity index (χ3n) is 4.23. The van der Waals surface area contributed by atoms with E-state index in [1.165, 1.54) is 0 Å². The molecule has 0 aliphatic rings. The second kappa shape index (κ2) is 11.7. The predicted molar refractivity (Wildman–Crippen MR) is 111 cm³/mol. The van der Waals surface area contributed by atoms with E-state index in [0.29, 0.717) is 42.6 Å². The molecule has 0 heterocycles. The number of unbranched alkanes of at least 4 members (excludes halogenated alkanes) is 1. The minimum atomic E-state index is -0.941. The van der Waals surface area contributed by atoms with Crippen LogP contribution in [0.3, 0.4) is 0 Å². The van der Waals surface area contributed by atoms with E-state index in [1.807, 2.05) is 20.8 Å². The average molecular weight is 394 g/mol. The monoisotopic (exact) mass is 393 g/mol. The molecule has 28 heavy (non-hydrogen) atoms. The van der Waals surface area contributed by atoms with E-state index in [2.05, 4.69) is 12.2 Å². The first kappa shape index (κ1) is 24.0. The summed E-state index contributed by atoms with van der Waals surface area (Å²) in [5.41, 5.74) is -0.133. The van der Waals surface area contributed by atoms with Gasteiger partial charge < -0.3 is 19.5 Å². The van der Waals surface area contributed by atoms with E-state index >= 15 is 0 Å². The molecule has 0 spiro atoms. The first-order valence-electron chi connectivity index (χ1n) is 10.2. The zero-order chi connectivity index (χ0) is 21.2. The van der Waals surface area contributed by atoms with Crippen LogP contribution in [0.2, 0.25) is 0 Å². The Morgan fingerprint density at radius 3 is 2.43 bits per heavy atom. The molecule has 0 radical (unpaired) electrons. The summed E-state index contributed by atoms with van der Waals surface area (Å²) in [6.45, 7) is 12.8. The van der Waals surface area contributed by atoms with Gasteiger partial charge in [0.25, 0.3) is 5.91 Å². The summed E-state index contributed by atoms with van der Waals surface area (Å²) in [5, 5.41) is 2.88. The standard InChI is InChI=1S/C22H35NO5/c1-7-10-13-27-19-12-11-17(14-18(19)20(24)26-8-2)23-21(25)22(6,28-9-3)15-16(4)5/h11-12,14,16H,7-10,13,15H2,1-6H3,(H,23,25)/t22-/m1/s1. The van der Waals surface area contributed by atoms with E-state index < -0.39 is 11.6 Å². The Balaban J connectivity index is 3.07. The first-order chi connectivity index (χ1) is 13.3. The van der Waals surface area contributed by atoms with Crippen molar-refractivity contribution in [1.29, 1.82) is 0 Å². The number of hydrogen-bond donors (Lipinski definition) is 1. The highest BCUT2D eigenvalue weighted by molar-refractivity contribution is 5.99. The number of carbonyl (C=O) groups excluding carboxylic acids is 2. The Hall–Kier alpha value is -2.08. The normalized spacial score (nSPS) is 13.1. The first-order valence-corrected chi connectivity index (χ1v) is 10.2. The van der Waals surface area contributed by atoms with Crippen molar-refractivity contribution < 1.29 is 23.8 Å². The number of esters is 1. The average Bonchev–Trinajstić information content (AvgIpc) is 2.62. The Bertz CT molecular complexity index is 644. The van der Waals surface area contributed by atoms with Crippen molar-refractivity contribution in [1.82, 2.24) is 0 Å². The van der Waals surface area contributed by atoms with Gasteiger partial charge in [-0.15, -0.1) is 0 Å². The van der Waals surface area contributed by atoms with Crippen LogP contribution in [0.25, 0.3) is 0 Å². The van der Waals surface area contributed by atoms with E-state index in [1.54, 1.807) is 32.0 Å². The molecule has 1 aromatic carbocycles. The molecule has 0 aromatic heterocycles. The van der Waals surface area contributed by atoms with Crippen molar-refractivity contribution in [3.8, 4) is 5.75 Å². The molecule has 158 valence electrons. The van der Waals surface area contributed by atoms with Gasteiger partial charge in [0.15, 0.2) is 0 Å². The zero-order valence-corrected chi connectivity index (χ0v) is 18.1. The van der Waals surface area contributed by atoms with Crippen LogP contribution in [0.15, 0.2) is 18.2 Å². The molecule has 6 nitrogen and oxygen atoms in total. The second-order valence-electron chi connectivity index (χ2n) is 7.35. The molecule has 0 fully saturated rings. The lowest BCUT2D eigenvalue weighted by Crippen LogP contribution is -2.44. The van der Waals surface area contributed by atoms with E-state index in [4.69, 9.17) is 14.2 Å². The topological polar surface area (TPSA) is 73.9 Å². The summed E-state index contributed by atoms with van der Waals surface area (Å²) >= 11 is 0. The Morgan fingerprint density at radius 1 is 1.14 bits per heavy atom. The third-order valence-corrected chi connectivity index (χ3v) is 4.23. The van der Waals surface area contributed by atoms with Crippen LogP contribution in [0.5, 0.6) is 5.75 Å². The quantitative estimate of drug-likeness (QED) is 0.407. The zero-order valence-electron chi connectivity index (χ0n) is 18.1. The van der Waals surface area contributed by atoms with Crippen molar-refractivity contribution in [2.24, 2.45) is 5.92 Å². The van der Waals surface area contributed by atoms with E-state index in [9.17, 15) is 9.59 Å². The van der Waals surface area contributed by atoms with Gasteiger partial charge in [0, 0.05) is 12.3 Å². The van der Waals surface area contributed by atoms with Crippen molar-refractivity contribution in [2.45, 2.75) is 66.4 Å². The molecular formula is C22H35NO5. The highest BCUT2D eigenvalue weighted by Crippen LogP contribution is 2.27. The van der Waals surface area contributed by atoms with E-state index in [0.717, 1.165) is 12.8 Å². The maximum atomic E-state index is 12.9. The van der Waals surface area contributed by atoms with Gasteiger partial charge in [0.2, 0.25) is 0 Å². The molecule has 6 heteroatoms. The molecule has 0 aliphatic carbocycles. The summed E-state index contributed by atoms with van der Waals surface area (Å²) in [5.74, 6) is 0.0451. The van der Waals surface area contributed by atoms with Gasteiger partial charge in [0.05, 0.1) is 13.2 Å². The lowest BCUT2D eigenvalue weighted by Gasteiger charge is -2.30. The number of anilines is 1. The van der Waals surface area contributed by atoms with Gasteiger partial charge in [-0.3, -0.25) is 4.79 Å². The molecule has 0 saturated heterocycles. The van der Waals surface area contributed by atoms with Crippen LogP contribution in [0.1, 0.15) is 71.2 Å². The second-order valence-corrected chi connectivity index (χ2v) is 7.35. The summed E-state index contributed by atoms with van der Waals surface area (Å²) in [6.07, 6.45) is 2.48. The number of nitrogens with one attached hydrogen (secondary N) is 1. The van der Waals surface area contributed by atoms with Crippen molar-refractivity contribution in [3.63, 3.8) is 0 Å². The van der Waals surface area contributed by atoms with Crippen LogP contribution in [0, 0.1) is 5.92 Å². The van der Waals surface area contributed by atoms with Gasteiger partial charge in [-0.2, -0.15) is 0 Å². The maximum absolute atomic E-state index is 12.9. The van der Waals surface area contributed by atoms with Crippen LogP contribution < -0.4 is 10.1 Å². The molecule has 1 amide bonds. The van der Waals surface area contributed by atoms with Gasteiger partial charge in [-0.05, 0) is 57.7 Å². The molecule has 1 rings (SSSR count). The van der Waals surface area contributed by atoms with Crippen molar-refractivity contribution in [3.05, 3.63) is 23.8 Å². The van der Waals surface area contributed by atoms with E-state index in [-0.39, 0.29) is 12.5 Å². The lowest BCUT2D eigenvalue weighted by molar-refractivity contribution is -0.140. The maximum Gasteiger partial charge on any atom is 0.341 e.